The molecule has 0 spiro atoms. The van der Waals surface area contributed by atoms with E-state index in [0.717, 1.165) is 36.6 Å². The predicted octanol–water partition coefficient (Wildman–Crippen LogP) is 4.41. The van der Waals surface area contributed by atoms with Crippen LogP contribution in [0.4, 0.5) is 0 Å². The summed E-state index contributed by atoms with van der Waals surface area (Å²) in [6.45, 7) is 8.35. The minimum absolute atomic E-state index is 0.128. The van der Waals surface area contributed by atoms with E-state index in [9.17, 15) is 0 Å². The van der Waals surface area contributed by atoms with Gasteiger partial charge in [-0.1, -0.05) is 25.4 Å². The van der Waals surface area contributed by atoms with Crippen LogP contribution in [0.1, 0.15) is 49.6 Å². The second-order valence-corrected chi connectivity index (χ2v) is 6.15. The Morgan fingerprint density at radius 1 is 1.35 bits per heavy atom. The maximum Gasteiger partial charge on any atom is 0.0837 e. The van der Waals surface area contributed by atoms with Gasteiger partial charge in [0.1, 0.15) is 0 Å². The van der Waals surface area contributed by atoms with E-state index in [1.807, 2.05) is 4.68 Å². The van der Waals surface area contributed by atoms with Crippen LogP contribution in [0.3, 0.4) is 0 Å². The van der Waals surface area contributed by atoms with Gasteiger partial charge in [-0.25, -0.2) is 0 Å². The number of aryl methyl sites for hydroxylation is 2. The van der Waals surface area contributed by atoms with Crippen molar-refractivity contribution in [1.82, 2.24) is 15.1 Å². The third-order valence-corrected chi connectivity index (χ3v) is 4.52. The Hall–Kier alpha value is -0.840. The second kappa shape index (κ2) is 7.25. The zero-order valence-corrected chi connectivity index (χ0v) is 13.9. The van der Waals surface area contributed by atoms with Crippen LogP contribution in [-0.4, -0.2) is 16.3 Å². The van der Waals surface area contributed by atoms with Crippen molar-refractivity contribution < 1.29 is 0 Å². The lowest BCUT2D eigenvalue weighted by atomic mass is 10.0. The Labute approximate surface area is 130 Å². The first-order valence-corrected chi connectivity index (χ1v) is 8.48. The third-order valence-electron chi connectivity index (χ3n) is 3.35. The molecule has 0 bridgehead atoms. The van der Waals surface area contributed by atoms with Crippen molar-refractivity contribution in [3.8, 4) is 0 Å². The molecule has 1 N–H and O–H groups in total. The van der Waals surface area contributed by atoms with E-state index in [-0.39, 0.29) is 6.04 Å². The molecule has 2 heterocycles. The topological polar surface area (TPSA) is 29.9 Å². The summed E-state index contributed by atoms with van der Waals surface area (Å²) in [5.41, 5.74) is 3.70. The average molecular weight is 312 g/mol. The van der Waals surface area contributed by atoms with Crippen LogP contribution in [0.15, 0.2) is 17.0 Å². The maximum absolute atomic E-state index is 6.40. The normalized spacial score (nSPS) is 12.8. The van der Waals surface area contributed by atoms with E-state index >= 15 is 0 Å². The Morgan fingerprint density at radius 3 is 2.75 bits per heavy atom. The zero-order chi connectivity index (χ0) is 14.5. The van der Waals surface area contributed by atoms with Crippen molar-refractivity contribution in [3.63, 3.8) is 0 Å². The highest BCUT2D eigenvalue weighted by molar-refractivity contribution is 7.08. The molecule has 1 unspecified atom stereocenters. The summed E-state index contributed by atoms with van der Waals surface area (Å²) in [4.78, 5) is 0. The summed E-state index contributed by atoms with van der Waals surface area (Å²) in [6.07, 6.45) is 3.90. The number of nitrogens with one attached hydrogen (secondary N) is 1. The van der Waals surface area contributed by atoms with Gasteiger partial charge < -0.3 is 5.32 Å². The quantitative estimate of drug-likeness (QED) is 0.821. The molecule has 3 nitrogen and oxygen atoms in total. The van der Waals surface area contributed by atoms with Crippen molar-refractivity contribution in [2.45, 2.75) is 46.2 Å². The van der Waals surface area contributed by atoms with Crippen molar-refractivity contribution in [3.05, 3.63) is 38.8 Å². The van der Waals surface area contributed by atoms with Gasteiger partial charge >= 0.3 is 0 Å². The highest BCUT2D eigenvalue weighted by Crippen LogP contribution is 2.32. The summed E-state index contributed by atoms with van der Waals surface area (Å²) in [5.74, 6) is 0. The molecule has 0 aromatic carbocycles. The molecule has 0 aliphatic carbocycles. The molecular formula is C15H22ClN3S. The first kappa shape index (κ1) is 15.5. The van der Waals surface area contributed by atoms with Gasteiger partial charge in [-0.3, -0.25) is 4.68 Å². The van der Waals surface area contributed by atoms with Gasteiger partial charge in [0, 0.05) is 6.54 Å². The lowest BCUT2D eigenvalue weighted by molar-refractivity contribution is 0.511. The number of thiophene rings is 1. The van der Waals surface area contributed by atoms with Crippen LogP contribution >= 0.6 is 22.9 Å². The molecule has 2 rings (SSSR count). The van der Waals surface area contributed by atoms with E-state index in [0.29, 0.717) is 0 Å². The molecule has 0 aliphatic heterocycles. The van der Waals surface area contributed by atoms with E-state index in [1.165, 1.54) is 11.1 Å². The maximum atomic E-state index is 6.40. The van der Waals surface area contributed by atoms with Gasteiger partial charge in [0.05, 0.1) is 23.0 Å². The van der Waals surface area contributed by atoms with Crippen LogP contribution in [0.25, 0.3) is 0 Å². The van der Waals surface area contributed by atoms with Gasteiger partial charge in [-0.2, -0.15) is 16.4 Å². The fourth-order valence-electron chi connectivity index (χ4n) is 2.36. The molecule has 2 aromatic rings. The number of nitrogens with zero attached hydrogens (tertiary/aromatic N) is 2. The van der Waals surface area contributed by atoms with Crippen molar-refractivity contribution in [2.24, 2.45) is 0 Å². The second-order valence-electron chi connectivity index (χ2n) is 5.00. The summed E-state index contributed by atoms with van der Waals surface area (Å²) < 4.78 is 2.03. The molecular weight excluding hydrogens is 290 g/mol. The Bertz CT molecular complexity index is 547. The Kier molecular flexibility index (Phi) is 5.64. The number of halogens is 1. The number of aromatic nitrogens is 2. The molecule has 2 aromatic heterocycles. The molecule has 0 saturated heterocycles. The Balaban J connectivity index is 2.41. The first-order chi connectivity index (χ1) is 9.69. The first-order valence-electron chi connectivity index (χ1n) is 7.16. The van der Waals surface area contributed by atoms with Crippen LogP contribution in [0.5, 0.6) is 0 Å². The molecule has 0 fully saturated rings. The summed E-state index contributed by atoms with van der Waals surface area (Å²) in [5, 5.41) is 13.2. The van der Waals surface area contributed by atoms with E-state index in [1.54, 1.807) is 17.5 Å². The largest absolute Gasteiger partial charge is 0.305 e. The molecule has 20 heavy (non-hydrogen) atoms. The van der Waals surface area contributed by atoms with Gasteiger partial charge in [0.25, 0.3) is 0 Å². The molecule has 0 saturated carbocycles. The third kappa shape index (κ3) is 3.25. The highest BCUT2D eigenvalue weighted by atomic mass is 35.5. The fraction of sp³-hybridized carbons (Fsp3) is 0.533. The summed E-state index contributed by atoms with van der Waals surface area (Å²) in [7, 11) is 0. The molecule has 0 amide bonds. The SMILES string of the molecule is CCCNC(c1cscc1C)c1c(Cl)cnn1CCC. The molecule has 0 radical (unpaired) electrons. The number of hydrogen-bond acceptors (Lipinski definition) is 3. The standard InChI is InChI=1S/C15H22ClN3S/c1-4-6-17-14(12-10-20-9-11(12)3)15-13(16)8-18-19(15)7-5-2/h8-10,14,17H,4-7H2,1-3H3. The van der Waals surface area contributed by atoms with Crippen molar-refractivity contribution in [2.75, 3.05) is 6.54 Å². The van der Waals surface area contributed by atoms with Gasteiger partial charge in [-0.05, 0) is 48.2 Å². The average Bonchev–Trinajstić information content (AvgIpc) is 3.00. The molecule has 5 heteroatoms. The lowest BCUT2D eigenvalue weighted by Gasteiger charge is -2.21. The van der Waals surface area contributed by atoms with Gasteiger partial charge in [0.15, 0.2) is 0 Å². The molecule has 1 atom stereocenters. The van der Waals surface area contributed by atoms with Gasteiger partial charge in [-0.15, -0.1) is 0 Å². The molecule has 0 aliphatic rings. The minimum Gasteiger partial charge on any atom is -0.305 e. The number of hydrogen-bond donors (Lipinski definition) is 1. The summed E-state index contributed by atoms with van der Waals surface area (Å²) >= 11 is 8.14. The Morgan fingerprint density at radius 2 is 2.15 bits per heavy atom. The van der Waals surface area contributed by atoms with E-state index in [4.69, 9.17) is 11.6 Å². The predicted molar refractivity (Wildman–Crippen MR) is 86.7 cm³/mol. The zero-order valence-electron chi connectivity index (χ0n) is 12.3. The minimum atomic E-state index is 0.128. The summed E-state index contributed by atoms with van der Waals surface area (Å²) in [6, 6.07) is 0.128. The van der Waals surface area contributed by atoms with Gasteiger partial charge in [0.2, 0.25) is 0 Å². The van der Waals surface area contributed by atoms with E-state index < -0.39 is 0 Å². The van der Waals surface area contributed by atoms with E-state index in [2.05, 4.69) is 41.9 Å². The number of rotatable bonds is 7. The lowest BCUT2D eigenvalue weighted by Crippen LogP contribution is -2.26. The monoisotopic (exact) mass is 311 g/mol. The van der Waals surface area contributed by atoms with Crippen LogP contribution in [0, 0.1) is 6.92 Å². The van der Waals surface area contributed by atoms with Crippen LogP contribution < -0.4 is 5.32 Å². The molecule has 110 valence electrons. The van der Waals surface area contributed by atoms with Crippen molar-refractivity contribution in [1.29, 1.82) is 0 Å². The van der Waals surface area contributed by atoms with Crippen LogP contribution in [0.2, 0.25) is 5.02 Å². The fourth-order valence-corrected chi connectivity index (χ4v) is 3.48. The highest BCUT2D eigenvalue weighted by Gasteiger charge is 2.23. The van der Waals surface area contributed by atoms with Crippen LogP contribution in [-0.2, 0) is 6.54 Å². The van der Waals surface area contributed by atoms with Crippen molar-refractivity contribution >= 4 is 22.9 Å². The smallest absolute Gasteiger partial charge is 0.0837 e.